The standard InChI is InChI=1S/C26H27ClN4O4S/c1-35-25-7-4-18(27)15-23(25)29-10-11-30-22-6-5-19(31(33)34)13-17(22)14-21(24(30)16-29)26(32)28-9-8-20-3-2-12-36-20/h2-7,12-13,15,21,24H,8-11,14,16H2,1H3,(H,28,32)/t21-,24-/m1/s1. The molecule has 2 aliphatic rings. The molecule has 1 aromatic heterocycles. The van der Waals surface area contributed by atoms with Gasteiger partial charge < -0.3 is 19.9 Å². The number of thiophene rings is 1. The summed E-state index contributed by atoms with van der Waals surface area (Å²) in [4.78, 5) is 30.2. The van der Waals surface area contributed by atoms with Crippen molar-refractivity contribution in [3.05, 3.63) is 79.5 Å². The Balaban J connectivity index is 1.43. The van der Waals surface area contributed by atoms with Gasteiger partial charge in [-0.05, 0) is 54.1 Å². The Hall–Kier alpha value is -3.30. The van der Waals surface area contributed by atoms with E-state index in [0.717, 1.165) is 29.1 Å². The quantitative estimate of drug-likeness (QED) is 0.359. The number of nitro benzene ring substituents is 1. The Labute approximate surface area is 218 Å². The molecule has 188 valence electrons. The van der Waals surface area contributed by atoms with E-state index in [1.165, 1.54) is 4.88 Å². The van der Waals surface area contributed by atoms with Crippen LogP contribution in [0.5, 0.6) is 5.75 Å². The van der Waals surface area contributed by atoms with Gasteiger partial charge in [0.05, 0.1) is 29.7 Å². The first-order valence-corrected chi connectivity index (χ1v) is 13.1. The maximum atomic E-state index is 13.5. The van der Waals surface area contributed by atoms with E-state index < -0.39 is 0 Å². The van der Waals surface area contributed by atoms with Crippen molar-refractivity contribution in [3.8, 4) is 5.75 Å². The van der Waals surface area contributed by atoms with Gasteiger partial charge in [-0.1, -0.05) is 17.7 Å². The predicted molar refractivity (Wildman–Crippen MR) is 143 cm³/mol. The fraction of sp³-hybridized carbons (Fsp3) is 0.346. The van der Waals surface area contributed by atoms with E-state index in [2.05, 4.69) is 21.2 Å². The number of hydrogen-bond acceptors (Lipinski definition) is 7. The molecule has 3 heterocycles. The van der Waals surface area contributed by atoms with Gasteiger partial charge in [-0.2, -0.15) is 0 Å². The lowest BCUT2D eigenvalue weighted by molar-refractivity contribution is -0.384. The average molecular weight is 527 g/mol. The smallest absolute Gasteiger partial charge is 0.269 e. The van der Waals surface area contributed by atoms with Crippen molar-refractivity contribution in [3.63, 3.8) is 0 Å². The van der Waals surface area contributed by atoms with E-state index >= 15 is 0 Å². The molecule has 3 aromatic rings. The van der Waals surface area contributed by atoms with Crippen LogP contribution in [0.15, 0.2) is 53.9 Å². The van der Waals surface area contributed by atoms with Crippen LogP contribution in [0.25, 0.3) is 0 Å². The number of anilines is 2. The molecule has 0 radical (unpaired) electrons. The molecule has 0 unspecified atom stereocenters. The minimum Gasteiger partial charge on any atom is -0.495 e. The molecule has 8 nitrogen and oxygen atoms in total. The maximum absolute atomic E-state index is 13.5. The number of ether oxygens (including phenoxy) is 1. The van der Waals surface area contributed by atoms with Crippen LogP contribution in [0.1, 0.15) is 10.4 Å². The Morgan fingerprint density at radius 3 is 2.83 bits per heavy atom. The molecular weight excluding hydrogens is 500 g/mol. The highest BCUT2D eigenvalue weighted by Crippen LogP contribution is 2.40. The van der Waals surface area contributed by atoms with Crippen molar-refractivity contribution in [2.24, 2.45) is 5.92 Å². The van der Waals surface area contributed by atoms with Gasteiger partial charge in [0.2, 0.25) is 5.91 Å². The number of carbonyl (C=O) groups is 1. The summed E-state index contributed by atoms with van der Waals surface area (Å²) >= 11 is 7.98. The molecule has 0 saturated carbocycles. The molecule has 2 atom stereocenters. The van der Waals surface area contributed by atoms with Crippen molar-refractivity contribution >= 4 is 45.9 Å². The van der Waals surface area contributed by atoms with Gasteiger partial charge >= 0.3 is 0 Å². The molecule has 5 rings (SSSR count). The summed E-state index contributed by atoms with van der Waals surface area (Å²) in [6.07, 6.45) is 1.22. The van der Waals surface area contributed by atoms with Crippen molar-refractivity contribution in [2.75, 3.05) is 43.1 Å². The molecule has 0 spiro atoms. The minimum absolute atomic E-state index is 0.0291. The third kappa shape index (κ3) is 4.85. The van der Waals surface area contributed by atoms with Crippen LogP contribution < -0.4 is 19.9 Å². The second-order valence-electron chi connectivity index (χ2n) is 9.02. The third-order valence-electron chi connectivity index (χ3n) is 6.98. The molecule has 1 amide bonds. The van der Waals surface area contributed by atoms with Gasteiger partial charge in [0.25, 0.3) is 5.69 Å². The zero-order valence-corrected chi connectivity index (χ0v) is 21.4. The third-order valence-corrected chi connectivity index (χ3v) is 8.15. The van der Waals surface area contributed by atoms with E-state index in [-0.39, 0.29) is 28.5 Å². The van der Waals surface area contributed by atoms with Crippen LogP contribution in [0, 0.1) is 16.0 Å². The van der Waals surface area contributed by atoms with Crippen molar-refractivity contribution < 1.29 is 14.5 Å². The number of halogens is 1. The molecule has 0 bridgehead atoms. The zero-order valence-electron chi connectivity index (χ0n) is 19.9. The summed E-state index contributed by atoms with van der Waals surface area (Å²) in [7, 11) is 1.64. The van der Waals surface area contributed by atoms with Gasteiger partial charge in [0.15, 0.2) is 0 Å². The van der Waals surface area contributed by atoms with E-state index in [1.807, 2.05) is 29.6 Å². The summed E-state index contributed by atoms with van der Waals surface area (Å²) in [6.45, 7) is 2.53. The number of fused-ring (bicyclic) bond motifs is 3. The molecule has 1 fully saturated rings. The number of piperazine rings is 1. The van der Waals surface area contributed by atoms with Crippen LogP contribution in [0.2, 0.25) is 5.02 Å². The summed E-state index contributed by atoms with van der Waals surface area (Å²) in [5.74, 6) is 0.353. The van der Waals surface area contributed by atoms with Gasteiger partial charge in [-0.15, -0.1) is 11.3 Å². The summed E-state index contributed by atoms with van der Waals surface area (Å²) in [5.41, 5.74) is 2.75. The molecule has 10 heteroatoms. The normalized spacial score (nSPS) is 18.8. The lowest BCUT2D eigenvalue weighted by atomic mass is 9.83. The lowest BCUT2D eigenvalue weighted by Crippen LogP contribution is -2.61. The van der Waals surface area contributed by atoms with Gasteiger partial charge in [-0.3, -0.25) is 14.9 Å². The number of nitro groups is 1. The van der Waals surface area contributed by atoms with Crippen LogP contribution >= 0.6 is 22.9 Å². The molecule has 0 aliphatic carbocycles. The average Bonchev–Trinajstić information content (AvgIpc) is 3.41. The lowest BCUT2D eigenvalue weighted by Gasteiger charge is -2.49. The molecule has 36 heavy (non-hydrogen) atoms. The van der Waals surface area contributed by atoms with Crippen LogP contribution in [-0.4, -0.2) is 50.2 Å². The Morgan fingerprint density at radius 2 is 2.08 bits per heavy atom. The second kappa shape index (κ2) is 10.4. The fourth-order valence-corrected chi connectivity index (χ4v) is 6.12. The van der Waals surface area contributed by atoms with Crippen molar-refractivity contribution in [1.29, 1.82) is 0 Å². The topological polar surface area (TPSA) is 87.9 Å². The Bertz CT molecular complexity index is 1270. The van der Waals surface area contributed by atoms with Crippen LogP contribution in [0.3, 0.4) is 0 Å². The first kappa shape index (κ1) is 24.4. The fourth-order valence-electron chi connectivity index (χ4n) is 5.25. The highest BCUT2D eigenvalue weighted by Gasteiger charge is 2.42. The van der Waals surface area contributed by atoms with Crippen LogP contribution in [-0.2, 0) is 17.6 Å². The minimum atomic E-state index is -0.383. The summed E-state index contributed by atoms with van der Waals surface area (Å²) < 4.78 is 5.59. The SMILES string of the molecule is COc1ccc(Cl)cc1N1CCN2c3ccc([N+](=O)[O-])cc3C[C@@H](C(=O)NCCc3cccs3)[C@H]2C1. The number of carbonyl (C=O) groups excluding carboxylic acids is 1. The van der Waals surface area contributed by atoms with Gasteiger partial charge in [0.1, 0.15) is 5.75 Å². The molecule has 1 N–H and O–H groups in total. The first-order valence-electron chi connectivity index (χ1n) is 11.9. The van der Waals surface area contributed by atoms with Crippen molar-refractivity contribution in [1.82, 2.24) is 5.32 Å². The Morgan fingerprint density at radius 1 is 1.22 bits per heavy atom. The number of nitrogens with zero attached hydrogens (tertiary/aromatic N) is 3. The predicted octanol–water partition coefficient (Wildman–Crippen LogP) is 4.54. The summed E-state index contributed by atoms with van der Waals surface area (Å²) in [5, 5.41) is 17.2. The highest BCUT2D eigenvalue weighted by molar-refractivity contribution is 7.09. The number of non-ortho nitro benzene ring substituents is 1. The molecular formula is C26H27ClN4O4S. The molecule has 2 aliphatic heterocycles. The van der Waals surface area contributed by atoms with Crippen molar-refractivity contribution in [2.45, 2.75) is 18.9 Å². The van der Waals surface area contributed by atoms with Gasteiger partial charge in [0, 0.05) is 53.9 Å². The van der Waals surface area contributed by atoms with E-state index in [9.17, 15) is 14.9 Å². The number of benzene rings is 2. The van der Waals surface area contributed by atoms with E-state index in [0.29, 0.717) is 37.6 Å². The summed E-state index contributed by atoms with van der Waals surface area (Å²) in [6, 6.07) is 14.5. The zero-order chi connectivity index (χ0) is 25.2. The number of amides is 1. The van der Waals surface area contributed by atoms with E-state index in [4.69, 9.17) is 16.3 Å². The number of methoxy groups -OCH3 is 1. The monoisotopic (exact) mass is 526 g/mol. The number of rotatable bonds is 7. The van der Waals surface area contributed by atoms with Gasteiger partial charge in [-0.25, -0.2) is 0 Å². The molecule has 1 saturated heterocycles. The maximum Gasteiger partial charge on any atom is 0.269 e. The highest BCUT2D eigenvalue weighted by atomic mass is 35.5. The molecule has 2 aromatic carbocycles. The van der Waals surface area contributed by atoms with Crippen LogP contribution in [0.4, 0.5) is 17.1 Å². The van der Waals surface area contributed by atoms with E-state index in [1.54, 1.807) is 36.6 Å². The second-order valence-corrected chi connectivity index (χ2v) is 10.5. The number of hydrogen-bond donors (Lipinski definition) is 1. The first-order chi connectivity index (χ1) is 17.4. The number of nitrogens with one attached hydrogen (secondary N) is 1. The largest absolute Gasteiger partial charge is 0.495 e. The Kier molecular flexibility index (Phi) is 7.02.